The molecular formula is C23H23N3O6S. The van der Waals surface area contributed by atoms with Crippen LogP contribution in [0.2, 0.25) is 0 Å². The van der Waals surface area contributed by atoms with Crippen molar-refractivity contribution >= 4 is 29.2 Å². The number of benzene rings is 2. The first-order valence-corrected chi connectivity index (χ1v) is 10.9. The minimum Gasteiger partial charge on any atom is -0.508 e. The Balaban J connectivity index is 1.52. The van der Waals surface area contributed by atoms with Crippen LogP contribution < -0.4 is 16.1 Å². The molecule has 1 aromatic heterocycles. The number of hydroxylamine groups is 1. The van der Waals surface area contributed by atoms with E-state index in [1.165, 1.54) is 23.5 Å². The number of carbonyl (C=O) groups excluding carboxylic acids is 3. The highest BCUT2D eigenvalue weighted by Crippen LogP contribution is 2.13. The van der Waals surface area contributed by atoms with E-state index >= 15 is 0 Å². The lowest BCUT2D eigenvalue weighted by Crippen LogP contribution is -2.47. The SMILES string of the molecule is O=C(NCc1ccc(C(=O)N[C@@H](Cc2ccc(O)cc2)C(=O)NO)cc1)OCc1cccs1. The van der Waals surface area contributed by atoms with Crippen LogP contribution in [-0.4, -0.2) is 34.3 Å². The van der Waals surface area contributed by atoms with E-state index in [2.05, 4.69) is 10.6 Å². The van der Waals surface area contributed by atoms with Crippen LogP contribution in [0, 0.1) is 0 Å². The van der Waals surface area contributed by atoms with Gasteiger partial charge in [-0.05, 0) is 46.8 Å². The molecule has 1 atom stereocenters. The molecule has 5 N–H and O–H groups in total. The molecule has 0 aliphatic rings. The summed E-state index contributed by atoms with van der Waals surface area (Å²) in [6.07, 6.45) is -0.425. The first kappa shape index (κ1) is 23.8. The Morgan fingerprint density at radius 2 is 1.67 bits per heavy atom. The number of rotatable bonds is 9. The van der Waals surface area contributed by atoms with Gasteiger partial charge in [0.05, 0.1) is 0 Å². The maximum Gasteiger partial charge on any atom is 0.407 e. The zero-order valence-corrected chi connectivity index (χ0v) is 18.3. The van der Waals surface area contributed by atoms with Crippen molar-refractivity contribution in [1.82, 2.24) is 16.1 Å². The van der Waals surface area contributed by atoms with E-state index in [1.807, 2.05) is 17.5 Å². The van der Waals surface area contributed by atoms with Gasteiger partial charge in [0.25, 0.3) is 11.8 Å². The molecule has 3 rings (SSSR count). The van der Waals surface area contributed by atoms with E-state index in [4.69, 9.17) is 9.94 Å². The number of ether oxygens (including phenoxy) is 1. The van der Waals surface area contributed by atoms with E-state index in [9.17, 15) is 19.5 Å². The molecule has 33 heavy (non-hydrogen) atoms. The number of alkyl carbamates (subject to hydrolysis) is 1. The Bertz CT molecular complexity index is 1070. The molecule has 0 spiro atoms. The summed E-state index contributed by atoms with van der Waals surface area (Å²) in [5, 5.41) is 25.5. The third-order valence-corrected chi connectivity index (χ3v) is 5.54. The lowest BCUT2D eigenvalue weighted by atomic mass is 10.0. The summed E-state index contributed by atoms with van der Waals surface area (Å²) >= 11 is 1.50. The molecule has 2 aromatic carbocycles. The predicted molar refractivity (Wildman–Crippen MR) is 121 cm³/mol. The van der Waals surface area contributed by atoms with Crippen LogP contribution >= 0.6 is 11.3 Å². The van der Waals surface area contributed by atoms with Crippen molar-refractivity contribution in [3.05, 3.63) is 87.6 Å². The minimum absolute atomic E-state index is 0.0799. The molecule has 10 heteroatoms. The first-order valence-electron chi connectivity index (χ1n) is 9.99. The molecule has 0 aliphatic carbocycles. The molecule has 9 nitrogen and oxygen atoms in total. The van der Waals surface area contributed by atoms with Gasteiger partial charge in [0.2, 0.25) is 0 Å². The van der Waals surface area contributed by atoms with E-state index in [1.54, 1.807) is 41.9 Å². The summed E-state index contributed by atoms with van der Waals surface area (Å²) in [5.41, 5.74) is 3.31. The van der Waals surface area contributed by atoms with Crippen molar-refractivity contribution in [1.29, 1.82) is 0 Å². The Labute approximate surface area is 194 Å². The van der Waals surface area contributed by atoms with Crippen LogP contribution in [0.15, 0.2) is 66.0 Å². The first-order chi connectivity index (χ1) is 15.9. The van der Waals surface area contributed by atoms with Gasteiger partial charge in [-0.2, -0.15) is 0 Å². The molecule has 0 saturated heterocycles. The number of phenols is 1. The Morgan fingerprint density at radius 3 is 2.30 bits per heavy atom. The summed E-state index contributed by atoms with van der Waals surface area (Å²) in [4.78, 5) is 37.3. The fourth-order valence-corrected chi connectivity index (χ4v) is 3.54. The van der Waals surface area contributed by atoms with Crippen LogP contribution in [0.3, 0.4) is 0 Å². The lowest BCUT2D eigenvalue weighted by molar-refractivity contribution is -0.131. The molecule has 0 aliphatic heterocycles. The van der Waals surface area contributed by atoms with E-state index in [0.29, 0.717) is 11.1 Å². The number of aromatic hydroxyl groups is 1. The topological polar surface area (TPSA) is 137 Å². The number of phenolic OH excluding ortho intramolecular Hbond substituents is 1. The molecule has 3 amide bonds. The van der Waals surface area contributed by atoms with E-state index < -0.39 is 23.9 Å². The van der Waals surface area contributed by atoms with Crippen LogP contribution in [0.4, 0.5) is 4.79 Å². The average Bonchev–Trinajstić information content (AvgIpc) is 3.36. The highest BCUT2D eigenvalue weighted by atomic mass is 32.1. The van der Waals surface area contributed by atoms with Crippen molar-refractivity contribution in [3.8, 4) is 5.75 Å². The van der Waals surface area contributed by atoms with Gasteiger partial charge in [-0.1, -0.05) is 30.3 Å². The number of amides is 3. The summed E-state index contributed by atoms with van der Waals surface area (Å²) in [7, 11) is 0. The fourth-order valence-electron chi connectivity index (χ4n) is 2.93. The third kappa shape index (κ3) is 7.34. The van der Waals surface area contributed by atoms with Gasteiger partial charge in [-0.3, -0.25) is 14.8 Å². The normalized spacial score (nSPS) is 11.3. The molecule has 0 saturated carbocycles. The molecule has 0 unspecified atom stereocenters. The summed E-state index contributed by atoms with van der Waals surface area (Å²) in [6.45, 7) is 0.427. The maximum absolute atomic E-state index is 12.6. The average molecular weight is 470 g/mol. The molecule has 172 valence electrons. The van der Waals surface area contributed by atoms with Crippen LogP contribution in [0.5, 0.6) is 5.75 Å². The van der Waals surface area contributed by atoms with Gasteiger partial charge in [-0.15, -0.1) is 11.3 Å². The molecule has 0 bridgehead atoms. The second-order valence-electron chi connectivity index (χ2n) is 7.08. The molecule has 1 heterocycles. The summed E-state index contributed by atoms with van der Waals surface area (Å²) in [6, 6.07) is 15.4. The van der Waals surface area contributed by atoms with Crippen molar-refractivity contribution in [3.63, 3.8) is 0 Å². The Kier molecular flexibility index (Phi) is 8.39. The molecule has 0 fully saturated rings. The van der Waals surface area contributed by atoms with Gasteiger partial charge in [0.1, 0.15) is 18.4 Å². The van der Waals surface area contributed by atoms with Gasteiger partial charge < -0.3 is 20.5 Å². The van der Waals surface area contributed by atoms with Crippen LogP contribution in [0.1, 0.15) is 26.4 Å². The van der Waals surface area contributed by atoms with Crippen molar-refractivity contribution < 1.29 is 29.4 Å². The number of hydrogen-bond acceptors (Lipinski definition) is 7. The summed E-state index contributed by atoms with van der Waals surface area (Å²) in [5.74, 6) is -1.19. The second-order valence-corrected chi connectivity index (χ2v) is 8.11. The lowest BCUT2D eigenvalue weighted by Gasteiger charge is -2.17. The molecular weight excluding hydrogens is 446 g/mol. The smallest absolute Gasteiger partial charge is 0.407 e. The largest absolute Gasteiger partial charge is 0.508 e. The van der Waals surface area contributed by atoms with Gasteiger partial charge in [-0.25, -0.2) is 10.3 Å². The molecule has 0 radical (unpaired) electrons. The third-order valence-electron chi connectivity index (χ3n) is 4.69. The molecule has 3 aromatic rings. The Hall–Kier alpha value is -3.89. The zero-order valence-electron chi connectivity index (χ0n) is 17.5. The number of hydrogen-bond donors (Lipinski definition) is 5. The van der Waals surface area contributed by atoms with Crippen LogP contribution in [-0.2, 0) is 29.1 Å². The second kappa shape index (κ2) is 11.7. The Morgan fingerprint density at radius 1 is 0.970 bits per heavy atom. The van der Waals surface area contributed by atoms with Crippen molar-refractivity contribution in [2.24, 2.45) is 0 Å². The standard InChI is InChI=1S/C23H23N3O6S/c27-18-9-5-15(6-10-18)12-20(22(29)26-31)25-21(28)17-7-3-16(4-8-17)13-24-23(30)32-14-19-2-1-11-33-19/h1-11,20,27,31H,12-14H2,(H,24,30)(H,25,28)(H,26,29)/t20-/m0/s1. The fraction of sp³-hybridized carbons (Fsp3) is 0.174. The number of carbonyl (C=O) groups is 3. The van der Waals surface area contributed by atoms with Gasteiger partial charge >= 0.3 is 6.09 Å². The van der Waals surface area contributed by atoms with Gasteiger partial charge in [0, 0.05) is 23.4 Å². The van der Waals surface area contributed by atoms with E-state index in [-0.39, 0.29) is 25.3 Å². The number of nitrogens with one attached hydrogen (secondary N) is 3. The van der Waals surface area contributed by atoms with Gasteiger partial charge in [0.15, 0.2) is 0 Å². The van der Waals surface area contributed by atoms with Crippen molar-refractivity contribution in [2.45, 2.75) is 25.6 Å². The monoisotopic (exact) mass is 469 g/mol. The predicted octanol–water partition coefficient (Wildman–Crippen LogP) is 2.73. The minimum atomic E-state index is -1.02. The zero-order chi connectivity index (χ0) is 23.6. The summed E-state index contributed by atoms with van der Waals surface area (Å²) < 4.78 is 5.13. The maximum atomic E-state index is 12.6. The van der Waals surface area contributed by atoms with Crippen LogP contribution in [0.25, 0.3) is 0 Å². The number of thiophene rings is 1. The highest BCUT2D eigenvalue weighted by Gasteiger charge is 2.21. The highest BCUT2D eigenvalue weighted by molar-refractivity contribution is 7.09. The van der Waals surface area contributed by atoms with Crippen molar-refractivity contribution in [2.75, 3.05) is 0 Å². The van der Waals surface area contributed by atoms with E-state index in [0.717, 1.165) is 10.4 Å². The quantitative estimate of drug-likeness (QED) is 0.241.